The zero-order valence-corrected chi connectivity index (χ0v) is 8.87. The van der Waals surface area contributed by atoms with E-state index in [1.807, 2.05) is 6.08 Å². The van der Waals surface area contributed by atoms with Crippen LogP contribution in [-0.2, 0) is 4.74 Å². The van der Waals surface area contributed by atoms with E-state index in [2.05, 4.69) is 0 Å². The van der Waals surface area contributed by atoms with Gasteiger partial charge in [-0.25, -0.2) is 0 Å². The molecule has 0 bridgehead atoms. The summed E-state index contributed by atoms with van der Waals surface area (Å²) in [6, 6.07) is 5.03. The van der Waals surface area contributed by atoms with Gasteiger partial charge in [-0.1, -0.05) is 17.7 Å². The molecule has 0 amide bonds. The maximum atomic E-state index is 9.98. The van der Waals surface area contributed by atoms with Crippen molar-refractivity contribution >= 4 is 17.3 Å². The third kappa shape index (κ3) is 2.08. The molecule has 0 spiro atoms. The van der Waals surface area contributed by atoms with Gasteiger partial charge in [0.05, 0.1) is 6.61 Å². The van der Waals surface area contributed by atoms with Crippen LogP contribution in [0.15, 0.2) is 30.0 Å². The first-order valence-electron chi connectivity index (χ1n) is 4.74. The van der Waals surface area contributed by atoms with E-state index in [4.69, 9.17) is 22.1 Å². The molecular weight excluding hydrogens is 214 g/mol. The number of aliphatic hydroxyl groups is 1. The molecular formula is C11H12ClNO2. The molecule has 15 heavy (non-hydrogen) atoms. The minimum Gasteiger partial charge on any atom is -0.495 e. The Bertz CT molecular complexity index is 404. The smallest absolute Gasteiger partial charge is 0.138 e. The van der Waals surface area contributed by atoms with Gasteiger partial charge in [-0.3, -0.25) is 0 Å². The first-order valence-corrected chi connectivity index (χ1v) is 5.12. The summed E-state index contributed by atoms with van der Waals surface area (Å²) < 4.78 is 5.28. The van der Waals surface area contributed by atoms with Gasteiger partial charge in [0, 0.05) is 22.7 Å². The Hall–Kier alpha value is -1.19. The lowest BCUT2D eigenvalue weighted by Gasteiger charge is -2.14. The van der Waals surface area contributed by atoms with Crippen molar-refractivity contribution < 1.29 is 9.84 Å². The van der Waals surface area contributed by atoms with E-state index in [0.717, 1.165) is 6.42 Å². The molecule has 0 saturated heterocycles. The van der Waals surface area contributed by atoms with Crippen molar-refractivity contribution in [3.63, 3.8) is 0 Å². The predicted octanol–water partition coefficient (Wildman–Crippen LogP) is 2.26. The van der Waals surface area contributed by atoms with Crippen LogP contribution >= 0.6 is 11.6 Å². The summed E-state index contributed by atoms with van der Waals surface area (Å²) >= 11 is 5.77. The molecule has 4 heteroatoms. The molecule has 1 unspecified atom stereocenters. The van der Waals surface area contributed by atoms with Gasteiger partial charge < -0.3 is 15.6 Å². The highest BCUT2D eigenvalue weighted by molar-refractivity contribution is 6.30. The number of nitrogens with two attached hydrogens (primary N) is 1. The Balaban J connectivity index is 2.28. The van der Waals surface area contributed by atoms with Crippen LogP contribution in [-0.4, -0.2) is 11.7 Å². The zero-order chi connectivity index (χ0) is 10.8. The Labute approximate surface area is 93.1 Å². The summed E-state index contributed by atoms with van der Waals surface area (Å²) in [7, 11) is 0. The van der Waals surface area contributed by atoms with Gasteiger partial charge in [0.2, 0.25) is 0 Å². The molecule has 1 aromatic carbocycles. The van der Waals surface area contributed by atoms with Crippen molar-refractivity contribution in [2.75, 3.05) is 12.3 Å². The van der Waals surface area contributed by atoms with Crippen LogP contribution in [0.25, 0.3) is 0 Å². The number of anilines is 1. The third-order valence-corrected chi connectivity index (χ3v) is 2.58. The van der Waals surface area contributed by atoms with E-state index in [1.165, 1.54) is 0 Å². The Morgan fingerprint density at radius 3 is 2.87 bits per heavy atom. The summed E-state index contributed by atoms with van der Waals surface area (Å²) in [5.41, 5.74) is 6.87. The topological polar surface area (TPSA) is 55.5 Å². The van der Waals surface area contributed by atoms with Crippen LogP contribution in [0.3, 0.4) is 0 Å². The summed E-state index contributed by atoms with van der Waals surface area (Å²) in [5.74, 6) is 0.573. The largest absolute Gasteiger partial charge is 0.495 e. The first kappa shape index (κ1) is 10.3. The van der Waals surface area contributed by atoms with Crippen LogP contribution in [0.5, 0.6) is 0 Å². The van der Waals surface area contributed by atoms with Gasteiger partial charge in [-0.2, -0.15) is 0 Å². The van der Waals surface area contributed by atoms with E-state index in [-0.39, 0.29) is 0 Å². The number of ether oxygens (including phenoxy) is 1. The number of hydrogen-bond acceptors (Lipinski definition) is 3. The van der Waals surface area contributed by atoms with E-state index in [9.17, 15) is 5.11 Å². The number of halogens is 1. The second-order valence-electron chi connectivity index (χ2n) is 3.42. The van der Waals surface area contributed by atoms with Gasteiger partial charge in [0.25, 0.3) is 0 Å². The molecule has 3 N–H and O–H groups in total. The van der Waals surface area contributed by atoms with Crippen molar-refractivity contribution in [3.8, 4) is 0 Å². The van der Waals surface area contributed by atoms with Crippen molar-refractivity contribution in [1.29, 1.82) is 0 Å². The lowest BCUT2D eigenvalue weighted by molar-refractivity contribution is 0.119. The number of rotatable bonds is 2. The fraction of sp³-hybridized carbons (Fsp3) is 0.273. The molecule has 0 radical (unpaired) electrons. The Kier molecular flexibility index (Phi) is 2.84. The fourth-order valence-corrected chi connectivity index (χ4v) is 1.76. The first-order chi connectivity index (χ1) is 7.18. The molecule has 1 atom stereocenters. The van der Waals surface area contributed by atoms with Crippen molar-refractivity contribution in [2.24, 2.45) is 0 Å². The lowest BCUT2D eigenvalue weighted by atomic mass is 10.1. The molecule has 1 aliphatic rings. The quantitative estimate of drug-likeness (QED) is 0.760. The zero-order valence-electron chi connectivity index (χ0n) is 8.11. The highest BCUT2D eigenvalue weighted by atomic mass is 35.5. The van der Waals surface area contributed by atoms with Crippen LogP contribution in [0, 0.1) is 0 Å². The molecule has 0 aliphatic carbocycles. The highest BCUT2D eigenvalue weighted by Crippen LogP contribution is 2.31. The van der Waals surface area contributed by atoms with Crippen LogP contribution in [0.2, 0.25) is 5.02 Å². The third-order valence-electron chi connectivity index (χ3n) is 2.35. The summed E-state index contributed by atoms with van der Waals surface area (Å²) in [5, 5.41) is 10.5. The molecule has 2 rings (SSSR count). The Morgan fingerprint density at radius 2 is 2.27 bits per heavy atom. The maximum Gasteiger partial charge on any atom is 0.138 e. The van der Waals surface area contributed by atoms with E-state index in [0.29, 0.717) is 28.6 Å². The second-order valence-corrected chi connectivity index (χ2v) is 3.86. The fourth-order valence-electron chi connectivity index (χ4n) is 1.58. The standard InChI is InChI=1S/C11H12ClNO2/c12-7-3-4-8(9(13)6-7)11(14)10-2-1-5-15-10/h2-4,6,11,14H,1,5,13H2. The minimum absolute atomic E-state index is 0.478. The summed E-state index contributed by atoms with van der Waals surface area (Å²) in [6.45, 7) is 0.625. The van der Waals surface area contributed by atoms with E-state index >= 15 is 0 Å². The molecule has 3 nitrogen and oxygen atoms in total. The van der Waals surface area contributed by atoms with E-state index in [1.54, 1.807) is 18.2 Å². The average molecular weight is 226 g/mol. The minimum atomic E-state index is -0.787. The highest BCUT2D eigenvalue weighted by Gasteiger charge is 2.19. The summed E-state index contributed by atoms with van der Waals surface area (Å²) in [6.07, 6.45) is 1.92. The van der Waals surface area contributed by atoms with Crippen molar-refractivity contribution in [2.45, 2.75) is 12.5 Å². The predicted molar refractivity (Wildman–Crippen MR) is 59.5 cm³/mol. The van der Waals surface area contributed by atoms with Gasteiger partial charge >= 0.3 is 0 Å². The Morgan fingerprint density at radius 1 is 1.47 bits per heavy atom. The molecule has 80 valence electrons. The van der Waals surface area contributed by atoms with Gasteiger partial charge in [0.1, 0.15) is 11.9 Å². The number of nitrogen functional groups attached to an aromatic ring is 1. The number of benzene rings is 1. The maximum absolute atomic E-state index is 9.98. The SMILES string of the molecule is Nc1cc(Cl)ccc1C(O)C1=CCCO1. The number of aliphatic hydroxyl groups excluding tert-OH is 1. The van der Waals surface area contributed by atoms with Crippen molar-refractivity contribution in [1.82, 2.24) is 0 Å². The molecule has 0 fully saturated rings. The summed E-state index contributed by atoms with van der Waals surface area (Å²) in [4.78, 5) is 0. The molecule has 1 aliphatic heterocycles. The van der Waals surface area contributed by atoms with Crippen LogP contribution in [0.1, 0.15) is 18.1 Å². The monoisotopic (exact) mass is 225 g/mol. The molecule has 1 heterocycles. The lowest BCUT2D eigenvalue weighted by Crippen LogP contribution is -2.05. The average Bonchev–Trinajstić information content (AvgIpc) is 2.69. The van der Waals surface area contributed by atoms with Gasteiger partial charge in [0.15, 0.2) is 0 Å². The van der Waals surface area contributed by atoms with Gasteiger partial charge in [-0.15, -0.1) is 0 Å². The molecule has 1 aromatic rings. The van der Waals surface area contributed by atoms with Crippen LogP contribution in [0.4, 0.5) is 5.69 Å². The van der Waals surface area contributed by atoms with Crippen molar-refractivity contribution in [3.05, 3.63) is 40.6 Å². The molecule has 0 saturated carbocycles. The van der Waals surface area contributed by atoms with Gasteiger partial charge in [-0.05, 0) is 18.2 Å². The molecule has 0 aromatic heterocycles. The second kappa shape index (κ2) is 4.13. The van der Waals surface area contributed by atoms with Crippen LogP contribution < -0.4 is 5.73 Å². The number of hydrogen-bond donors (Lipinski definition) is 2. The van der Waals surface area contributed by atoms with E-state index < -0.39 is 6.10 Å². The normalized spacial score (nSPS) is 17.1.